The number of allylic oxidation sites excluding steroid dienone is 1. The third-order valence-corrected chi connectivity index (χ3v) is 5.63. The Hall–Kier alpha value is -2.36. The molecule has 2 aromatic rings. The average Bonchev–Trinajstić information content (AvgIpc) is 3.01. The van der Waals surface area contributed by atoms with E-state index < -0.39 is 0 Å². The lowest BCUT2D eigenvalue weighted by atomic mass is 9.59. The Morgan fingerprint density at radius 2 is 2.13 bits per heavy atom. The Balaban J connectivity index is 1.81. The maximum Gasteiger partial charge on any atom is 0.162 e. The number of aliphatic hydroxyl groups excluding tert-OH is 1. The van der Waals surface area contributed by atoms with Crippen molar-refractivity contribution in [3.05, 3.63) is 53.4 Å². The van der Waals surface area contributed by atoms with Crippen LogP contribution in [0.25, 0.3) is 11.3 Å². The lowest BCUT2D eigenvalue weighted by Gasteiger charge is -2.44. The first kappa shape index (κ1) is 14.2. The zero-order valence-electron chi connectivity index (χ0n) is 13.2. The molecule has 4 nitrogen and oxygen atoms in total. The summed E-state index contributed by atoms with van der Waals surface area (Å²) < 4.78 is 0. The summed E-state index contributed by atoms with van der Waals surface area (Å²) in [6.07, 6.45) is 4.03. The Labute approximate surface area is 135 Å². The van der Waals surface area contributed by atoms with Gasteiger partial charge in [0, 0.05) is 34.2 Å². The molecule has 0 bridgehead atoms. The molecule has 118 valence electrons. The SMILES string of the molecule is C[C@]12C/C(=C/O)C(=O)C[C@@H]1CCc1c(-c3ccccc3)n[nH]c12. The molecular weight excluding hydrogens is 288 g/mol. The van der Waals surface area contributed by atoms with Gasteiger partial charge < -0.3 is 5.11 Å². The summed E-state index contributed by atoms with van der Waals surface area (Å²) in [5.74, 6) is 0.400. The van der Waals surface area contributed by atoms with E-state index in [1.54, 1.807) is 0 Å². The minimum Gasteiger partial charge on any atom is -0.515 e. The fourth-order valence-corrected chi connectivity index (χ4v) is 4.28. The summed E-state index contributed by atoms with van der Waals surface area (Å²) in [5, 5.41) is 17.2. The van der Waals surface area contributed by atoms with Gasteiger partial charge in [-0.2, -0.15) is 5.10 Å². The fourth-order valence-electron chi connectivity index (χ4n) is 4.28. The molecule has 1 aromatic carbocycles. The van der Waals surface area contributed by atoms with E-state index in [2.05, 4.69) is 29.3 Å². The van der Waals surface area contributed by atoms with E-state index in [0.717, 1.165) is 36.1 Å². The van der Waals surface area contributed by atoms with Gasteiger partial charge in [0.15, 0.2) is 5.78 Å². The van der Waals surface area contributed by atoms with Gasteiger partial charge in [-0.1, -0.05) is 37.3 Å². The molecule has 4 heteroatoms. The van der Waals surface area contributed by atoms with Crippen LogP contribution in [0.1, 0.15) is 37.4 Å². The maximum atomic E-state index is 12.1. The van der Waals surface area contributed by atoms with Gasteiger partial charge in [0.1, 0.15) is 0 Å². The predicted octanol–water partition coefficient (Wildman–Crippen LogP) is 3.70. The molecule has 4 rings (SSSR count). The van der Waals surface area contributed by atoms with E-state index in [-0.39, 0.29) is 11.2 Å². The van der Waals surface area contributed by atoms with Gasteiger partial charge in [-0.25, -0.2) is 0 Å². The van der Waals surface area contributed by atoms with Crippen LogP contribution in [0.15, 0.2) is 42.2 Å². The molecule has 0 aliphatic heterocycles. The van der Waals surface area contributed by atoms with Gasteiger partial charge >= 0.3 is 0 Å². The first-order chi connectivity index (χ1) is 11.1. The van der Waals surface area contributed by atoms with E-state index >= 15 is 0 Å². The molecule has 1 aromatic heterocycles. The van der Waals surface area contributed by atoms with Crippen LogP contribution in [0.4, 0.5) is 0 Å². The monoisotopic (exact) mass is 308 g/mol. The molecule has 0 spiro atoms. The van der Waals surface area contributed by atoms with Gasteiger partial charge in [0.2, 0.25) is 0 Å². The van der Waals surface area contributed by atoms with Crippen LogP contribution >= 0.6 is 0 Å². The summed E-state index contributed by atoms with van der Waals surface area (Å²) in [7, 11) is 0. The maximum absolute atomic E-state index is 12.1. The smallest absolute Gasteiger partial charge is 0.162 e. The Kier molecular flexibility index (Phi) is 3.15. The quantitative estimate of drug-likeness (QED) is 0.623. The van der Waals surface area contributed by atoms with Crippen molar-refractivity contribution >= 4 is 5.78 Å². The molecule has 1 saturated carbocycles. The number of aromatic nitrogens is 2. The van der Waals surface area contributed by atoms with Crippen LogP contribution in [-0.4, -0.2) is 21.1 Å². The number of rotatable bonds is 1. The number of ketones is 1. The minimum absolute atomic E-state index is 0.0845. The highest BCUT2D eigenvalue weighted by molar-refractivity contribution is 5.96. The summed E-state index contributed by atoms with van der Waals surface area (Å²) >= 11 is 0. The van der Waals surface area contributed by atoms with Crippen LogP contribution < -0.4 is 0 Å². The van der Waals surface area contributed by atoms with Crippen molar-refractivity contribution in [2.75, 3.05) is 0 Å². The third-order valence-electron chi connectivity index (χ3n) is 5.63. The molecule has 2 aliphatic rings. The van der Waals surface area contributed by atoms with Crippen LogP contribution in [0, 0.1) is 5.92 Å². The van der Waals surface area contributed by atoms with E-state index in [0.29, 0.717) is 24.3 Å². The molecule has 23 heavy (non-hydrogen) atoms. The van der Waals surface area contributed by atoms with Crippen LogP contribution in [0.3, 0.4) is 0 Å². The highest BCUT2D eigenvalue weighted by atomic mass is 16.2. The van der Waals surface area contributed by atoms with Crippen LogP contribution in [0.2, 0.25) is 0 Å². The molecular formula is C19H20N2O2. The predicted molar refractivity (Wildman–Crippen MR) is 88.1 cm³/mol. The lowest BCUT2D eigenvalue weighted by Crippen LogP contribution is -2.43. The van der Waals surface area contributed by atoms with Crippen molar-refractivity contribution < 1.29 is 9.90 Å². The first-order valence-corrected chi connectivity index (χ1v) is 8.13. The minimum atomic E-state index is -0.157. The number of hydrogen-bond donors (Lipinski definition) is 2. The molecule has 2 atom stereocenters. The Morgan fingerprint density at radius 3 is 2.87 bits per heavy atom. The van der Waals surface area contributed by atoms with Gasteiger partial charge in [0.05, 0.1) is 12.0 Å². The second-order valence-corrected chi connectivity index (χ2v) is 6.90. The number of nitrogens with zero attached hydrogens (tertiary/aromatic N) is 1. The summed E-state index contributed by atoms with van der Waals surface area (Å²) in [4.78, 5) is 12.1. The second kappa shape index (κ2) is 5.08. The number of Topliss-reactive ketones (excluding diaryl/α,β-unsaturated/α-hetero) is 1. The van der Waals surface area contributed by atoms with Gasteiger partial charge in [0.25, 0.3) is 0 Å². The topological polar surface area (TPSA) is 66.0 Å². The Morgan fingerprint density at radius 1 is 1.35 bits per heavy atom. The Bertz CT molecular complexity index is 791. The van der Waals surface area contributed by atoms with E-state index in [1.807, 2.05) is 18.2 Å². The number of aliphatic hydroxyl groups is 1. The molecule has 0 amide bonds. The summed E-state index contributed by atoms with van der Waals surface area (Å²) in [6, 6.07) is 10.2. The van der Waals surface area contributed by atoms with Crippen molar-refractivity contribution in [2.45, 2.75) is 38.0 Å². The van der Waals surface area contributed by atoms with Crippen molar-refractivity contribution in [1.82, 2.24) is 10.2 Å². The number of carbonyl (C=O) groups excluding carboxylic acids is 1. The molecule has 2 N–H and O–H groups in total. The van der Waals surface area contributed by atoms with Crippen molar-refractivity contribution in [3.63, 3.8) is 0 Å². The zero-order chi connectivity index (χ0) is 16.0. The molecule has 1 heterocycles. The largest absolute Gasteiger partial charge is 0.515 e. The average molecular weight is 308 g/mol. The van der Waals surface area contributed by atoms with Crippen molar-refractivity contribution in [1.29, 1.82) is 0 Å². The third kappa shape index (κ3) is 2.05. The van der Waals surface area contributed by atoms with E-state index in [4.69, 9.17) is 0 Å². The number of carbonyl (C=O) groups is 1. The number of nitrogens with one attached hydrogen (secondary N) is 1. The van der Waals surface area contributed by atoms with E-state index in [1.165, 1.54) is 5.56 Å². The van der Waals surface area contributed by atoms with Crippen LogP contribution in [-0.2, 0) is 16.6 Å². The number of benzene rings is 1. The highest BCUT2D eigenvalue weighted by Gasteiger charge is 2.48. The number of aromatic amines is 1. The standard InChI is InChI=1S/C19H20N2O2/c1-19-10-13(11-22)16(23)9-14(19)7-8-15-17(20-21-18(15)19)12-5-3-2-4-6-12/h2-6,11,14,22H,7-10H2,1H3,(H,20,21)/b13-11-/t14-,19-/m0/s1. The molecule has 0 radical (unpaired) electrons. The summed E-state index contributed by atoms with van der Waals surface area (Å²) in [5.41, 5.74) is 4.92. The number of H-pyrrole nitrogens is 1. The molecule has 2 aliphatic carbocycles. The highest BCUT2D eigenvalue weighted by Crippen LogP contribution is 2.51. The van der Waals surface area contributed by atoms with Crippen molar-refractivity contribution in [2.24, 2.45) is 5.92 Å². The zero-order valence-corrected chi connectivity index (χ0v) is 13.2. The van der Waals surface area contributed by atoms with Gasteiger partial charge in [-0.3, -0.25) is 9.89 Å². The lowest BCUT2D eigenvalue weighted by molar-refractivity contribution is -0.119. The molecule has 0 unspecified atom stereocenters. The summed E-state index contributed by atoms with van der Waals surface area (Å²) in [6.45, 7) is 2.19. The van der Waals surface area contributed by atoms with E-state index in [9.17, 15) is 9.90 Å². The van der Waals surface area contributed by atoms with Gasteiger partial charge in [-0.05, 0) is 25.2 Å². The molecule has 0 saturated heterocycles. The molecule has 1 fully saturated rings. The van der Waals surface area contributed by atoms with Crippen LogP contribution in [0.5, 0.6) is 0 Å². The fraction of sp³-hybridized carbons (Fsp3) is 0.368. The number of hydrogen-bond acceptors (Lipinski definition) is 3. The first-order valence-electron chi connectivity index (χ1n) is 8.13. The second-order valence-electron chi connectivity index (χ2n) is 6.90. The number of fused-ring (bicyclic) bond motifs is 3. The van der Waals surface area contributed by atoms with Gasteiger partial charge in [-0.15, -0.1) is 0 Å². The van der Waals surface area contributed by atoms with Crippen molar-refractivity contribution in [3.8, 4) is 11.3 Å². The normalized spacial score (nSPS) is 28.5.